The molecule has 0 aromatic carbocycles. The number of alkyl halides is 3. The fraction of sp³-hybridized carbons (Fsp3) is 0.455. The number of anilines is 1. The Hall–Kier alpha value is -1.50. The van der Waals surface area contributed by atoms with Crippen molar-refractivity contribution in [2.45, 2.75) is 20.0 Å². The predicted molar refractivity (Wildman–Crippen MR) is 64.2 cm³/mol. The second-order valence-electron chi connectivity index (χ2n) is 4.59. The Morgan fingerprint density at radius 2 is 2.05 bits per heavy atom. The van der Waals surface area contributed by atoms with Crippen molar-refractivity contribution in [3.63, 3.8) is 0 Å². The van der Waals surface area contributed by atoms with Gasteiger partial charge in [0.1, 0.15) is 5.82 Å². The van der Waals surface area contributed by atoms with Gasteiger partial charge in [0.15, 0.2) is 0 Å². The molecule has 0 unspecified atom stereocenters. The van der Waals surface area contributed by atoms with E-state index in [0.29, 0.717) is 6.20 Å². The molecule has 4 nitrogen and oxygen atoms in total. The number of carbonyl (C=O) groups is 1. The molecule has 8 heteroatoms. The van der Waals surface area contributed by atoms with Crippen molar-refractivity contribution in [2.24, 2.45) is 5.41 Å². The molecule has 0 saturated carbocycles. The molecule has 0 radical (unpaired) electrons. The molecule has 0 saturated heterocycles. The van der Waals surface area contributed by atoms with Gasteiger partial charge in [-0.25, -0.2) is 4.98 Å². The third-order valence-corrected chi connectivity index (χ3v) is 2.73. The summed E-state index contributed by atoms with van der Waals surface area (Å²) < 4.78 is 37.2. The van der Waals surface area contributed by atoms with Crippen molar-refractivity contribution >= 4 is 23.4 Å². The van der Waals surface area contributed by atoms with Gasteiger partial charge in [0.2, 0.25) is 0 Å². The Labute approximate surface area is 112 Å². The topological polar surface area (TPSA) is 62.2 Å². The fourth-order valence-corrected chi connectivity index (χ4v) is 1.34. The largest absolute Gasteiger partial charge is 0.481 e. The van der Waals surface area contributed by atoms with E-state index in [2.05, 4.69) is 10.3 Å². The highest BCUT2D eigenvalue weighted by molar-refractivity contribution is 6.32. The summed E-state index contributed by atoms with van der Waals surface area (Å²) in [7, 11) is 0. The maximum Gasteiger partial charge on any atom is 0.417 e. The van der Waals surface area contributed by atoms with Crippen molar-refractivity contribution in [3.05, 3.63) is 22.8 Å². The van der Waals surface area contributed by atoms with E-state index in [-0.39, 0.29) is 17.4 Å². The second kappa shape index (κ2) is 5.24. The molecule has 0 spiro atoms. The number of halogens is 4. The van der Waals surface area contributed by atoms with Gasteiger partial charge in [-0.05, 0) is 19.9 Å². The minimum Gasteiger partial charge on any atom is -0.481 e. The van der Waals surface area contributed by atoms with E-state index >= 15 is 0 Å². The summed E-state index contributed by atoms with van der Waals surface area (Å²) in [6, 6.07) is 0.741. The van der Waals surface area contributed by atoms with Crippen LogP contribution in [0.2, 0.25) is 5.02 Å². The minimum absolute atomic E-state index is 0.0135. The van der Waals surface area contributed by atoms with Crippen LogP contribution in [-0.2, 0) is 11.0 Å². The van der Waals surface area contributed by atoms with Crippen LogP contribution in [0, 0.1) is 5.41 Å². The first-order chi connectivity index (χ1) is 8.54. The van der Waals surface area contributed by atoms with Gasteiger partial charge in [-0.3, -0.25) is 4.79 Å². The number of nitrogens with zero attached hydrogens (tertiary/aromatic N) is 1. The van der Waals surface area contributed by atoms with Crippen LogP contribution in [0.5, 0.6) is 0 Å². The lowest BCUT2D eigenvalue weighted by atomic mass is 9.94. The lowest BCUT2D eigenvalue weighted by Gasteiger charge is -2.20. The molecule has 0 bridgehead atoms. The third kappa shape index (κ3) is 3.99. The number of nitrogens with one attached hydrogen (secondary N) is 1. The third-order valence-electron chi connectivity index (χ3n) is 2.45. The summed E-state index contributed by atoms with van der Waals surface area (Å²) in [6.07, 6.45) is -3.88. The summed E-state index contributed by atoms with van der Waals surface area (Å²) in [5, 5.41) is 11.3. The van der Waals surface area contributed by atoms with Crippen LogP contribution in [0.15, 0.2) is 12.3 Å². The molecule has 106 valence electrons. The Bertz CT molecular complexity index is 489. The van der Waals surface area contributed by atoms with Crippen molar-refractivity contribution in [2.75, 3.05) is 11.9 Å². The molecular weight excluding hydrogens is 285 g/mol. The molecule has 1 rings (SSSR count). The van der Waals surface area contributed by atoms with Gasteiger partial charge in [0, 0.05) is 12.7 Å². The van der Waals surface area contributed by atoms with E-state index in [4.69, 9.17) is 16.7 Å². The lowest BCUT2D eigenvalue weighted by Crippen LogP contribution is -2.32. The van der Waals surface area contributed by atoms with Crippen LogP contribution >= 0.6 is 11.6 Å². The quantitative estimate of drug-likeness (QED) is 0.895. The van der Waals surface area contributed by atoms with Crippen LogP contribution in [0.1, 0.15) is 19.4 Å². The molecule has 0 amide bonds. The van der Waals surface area contributed by atoms with E-state index in [9.17, 15) is 18.0 Å². The summed E-state index contributed by atoms with van der Waals surface area (Å²) in [5.74, 6) is -1.02. The number of carboxylic acid groups (broad SMARTS) is 1. The smallest absolute Gasteiger partial charge is 0.417 e. The standard InChI is InChI=1S/C11H12ClF3N2O2/c1-10(2,9(18)19)5-17-8-7(12)3-6(4-16-8)11(13,14)15/h3-4H,5H2,1-2H3,(H,16,17)(H,18,19). The van der Waals surface area contributed by atoms with Crippen LogP contribution in [0.3, 0.4) is 0 Å². The van der Waals surface area contributed by atoms with E-state index in [1.807, 2.05) is 0 Å². The van der Waals surface area contributed by atoms with Gasteiger partial charge in [0.25, 0.3) is 0 Å². The maximum atomic E-state index is 12.4. The van der Waals surface area contributed by atoms with E-state index in [0.717, 1.165) is 6.07 Å². The van der Waals surface area contributed by atoms with E-state index in [1.54, 1.807) is 0 Å². The second-order valence-corrected chi connectivity index (χ2v) is 5.00. The summed E-state index contributed by atoms with van der Waals surface area (Å²) in [6.45, 7) is 2.93. The highest BCUT2D eigenvalue weighted by Crippen LogP contribution is 2.32. The number of rotatable bonds is 4. The molecule has 1 aromatic rings. The predicted octanol–water partition coefficient (Wildman–Crippen LogP) is 3.28. The number of aromatic nitrogens is 1. The molecule has 0 atom stereocenters. The Morgan fingerprint density at radius 3 is 2.47 bits per heavy atom. The first-order valence-electron chi connectivity index (χ1n) is 5.24. The zero-order valence-corrected chi connectivity index (χ0v) is 10.9. The summed E-state index contributed by atoms with van der Waals surface area (Å²) >= 11 is 5.67. The molecule has 0 fully saturated rings. The normalized spacial score (nSPS) is 12.3. The number of pyridine rings is 1. The minimum atomic E-state index is -4.52. The van der Waals surface area contributed by atoms with E-state index < -0.39 is 23.1 Å². The molecular formula is C11H12ClF3N2O2. The highest BCUT2D eigenvalue weighted by Gasteiger charge is 2.32. The number of carboxylic acids is 1. The van der Waals surface area contributed by atoms with Crippen LogP contribution in [-0.4, -0.2) is 22.6 Å². The average molecular weight is 297 g/mol. The number of aliphatic carboxylic acids is 1. The number of hydrogen-bond donors (Lipinski definition) is 2. The lowest BCUT2D eigenvalue weighted by molar-refractivity contribution is -0.146. The van der Waals surface area contributed by atoms with Gasteiger partial charge in [0.05, 0.1) is 16.0 Å². The molecule has 0 aliphatic heterocycles. The Kier molecular flexibility index (Phi) is 4.29. The SMILES string of the molecule is CC(C)(CNc1ncc(C(F)(F)F)cc1Cl)C(=O)O. The van der Waals surface area contributed by atoms with Gasteiger partial charge >= 0.3 is 12.1 Å². The number of hydrogen-bond acceptors (Lipinski definition) is 3. The van der Waals surface area contributed by atoms with Crippen molar-refractivity contribution in [3.8, 4) is 0 Å². The van der Waals surface area contributed by atoms with Crippen molar-refractivity contribution in [1.29, 1.82) is 0 Å². The van der Waals surface area contributed by atoms with Crippen molar-refractivity contribution in [1.82, 2.24) is 4.98 Å². The van der Waals surface area contributed by atoms with Crippen molar-refractivity contribution < 1.29 is 23.1 Å². The monoisotopic (exact) mass is 296 g/mol. The fourth-order valence-electron chi connectivity index (χ4n) is 1.10. The molecule has 0 aliphatic carbocycles. The van der Waals surface area contributed by atoms with Gasteiger partial charge in [-0.1, -0.05) is 11.6 Å². The molecule has 1 aromatic heterocycles. The van der Waals surface area contributed by atoms with Crippen LogP contribution < -0.4 is 5.32 Å². The molecule has 0 aliphatic rings. The molecule has 1 heterocycles. The zero-order valence-electron chi connectivity index (χ0n) is 10.2. The van der Waals surface area contributed by atoms with E-state index in [1.165, 1.54) is 13.8 Å². The summed E-state index contributed by atoms with van der Waals surface area (Å²) in [4.78, 5) is 14.4. The average Bonchev–Trinajstić information content (AvgIpc) is 2.25. The first kappa shape index (κ1) is 15.6. The molecule has 2 N–H and O–H groups in total. The van der Waals surface area contributed by atoms with Gasteiger partial charge in [-0.15, -0.1) is 0 Å². The summed E-state index contributed by atoms with van der Waals surface area (Å²) in [5.41, 5.74) is -2.05. The maximum absolute atomic E-state index is 12.4. The first-order valence-corrected chi connectivity index (χ1v) is 5.62. The van der Waals surface area contributed by atoms with Gasteiger partial charge < -0.3 is 10.4 Å². The Morgan fingerprint density at radius 1 is 1.47 bits per heavy atom. The highest BCUT2D eigenvalue weighted by atomic mass is 35.5. The van der Waals surface area contributed by atoms with Crippen LogP contribution in [0.4, 0.5) is 19.0 Å². The zero-order chi connectivity index (χ0) is 14.8. The van der Waals surface area contributed by atoms with Gasteiger partial charge in [-0.2, -0.15) is 13.2 Å². The Balaban J connectivity index is 2.85. The van der Waals surface area contributed by atoms with Crippen LogP contribution in [0.25, 0.3) is 0 Å². The molecule has 19 heavy (non-hydrogen) atoms.